The average Bonchev–Trinajstić information content (AvgIpc) is 2.77. The molecule has 1 aliphatic heterocycles. The lowest BCUT2D eigenvalue weighted by Gasteiger charge is -2.28. The van der Waals surface area contributed by atoms with Gasteiger partial charge in [-0.15, -0.1) is 0 Å². The minimum absolute atomic E-state index is 0.123. The zero-order valence-corrected chi connectivity index (χ0v) is 11.3. The van der Waals surface area contributed by atoms with Gasteiger partial charge in [0.05, 0.1) is 6.10 Å². The summed E-state index contributed by atoms with van der Waals surface area (Å²) in [6.45, 7) is 5.17. The highest BCUT2D eigenvalue weighted by Crippen LogP contribution is 2.23. The lowest BCUT2D eigenvalue weighted by Crippen LogP contribution is -2.34. The first kappa shape index (κ1) is 13.5. The van der Waals surface area contributed by atoms with Crippen LogP contribution in [0.4, 0.5) is 0 Å². The molecule has 0 amide bonds. The minimum atomic E-state index is -0.123. The summed E-state index contributed by atoms with van der Waals surface area (Å²) in [5, 5.41) is 13.0. The summed E-state index contributed by atoms with van der Waals surface area (Å²) in [6.07, 6.45) is 0.796. The Labute approximate surface area is 110 Å². The Balaban J connectivity index is 1.95. The van der Waals surface area contributed by atoms with E-state index in [1.54, 1.807) is 0 Å². The van der Waals surface area contributed by atoms with Crippen LogP contribution in [0, 0.1) is 5.92 Å². The third-order valence-electron chi connectivity index (χ3n) is 3.83. The van der Waals surface area contributed by atoms with Crippen molar-refractivity contribution in [2.24, 2.45) is 5.92 Å². The Morgan fingerprint density at radius 2 is 2.11 bits per heavy atom. The number of aliphatic hydroxyl groups is 1. The van der Waals surface area contributed by atoms with Crippen LogP contribution in [-0.4, -0.2) is 42.8 Å². The second kappa shape index (κ2) is 6.32. The lowest BCUT2D eigenvalue weighted by atomic mass is 9.94. The van der Waals surface area contributed by atoms with Crippen LogP contribution in [-0.2, 0) is 0 Å². The smallest absolute Gasteiger partial charge is 0.0679 e. The molecule has 3 heteroatoms. The van der Waals surface area contributed by atoms with E-state index in [0.717, 1.165) is 26.1 Å². The molecule has 3 atom stereocenters. The van der Waals surface area contributed by atoms with E-state index in [9.17, 15) is 5.11 Å². The number of likely N-dealkylation sites (tertiary alicyclic amines) is 1. The number of hydrogen-bond donors (Lipinski definition) is 2. The van der Waals surface area contributed by atoms with Crippen molar-refractivity contribution in [3.05, 3.63) is 35.9 Å². The lowest BCUT2D eigenvalue weighted by molar-refractivity contribution is 0.167. The summed E-state index contributed by atoms with van der Waals surface area (Å²) < 4.78 is 0. The molecule has 0 bridgehead atoms. The largest absolute Gasteiger partial charge is 0.392 e. The number of rotatable bonds is 5. The van der Waals surface area contributed by atoms with Gasteiger partial charge in [-0.2, -0.15) is 0 Å². The van der Waals surface area contributed by atoms with Gasteiger partial charge in [-0.1, -0.05) is 37.3 Å². The van der Waals surface area contributed by atoms with E-state index in [1.165, 1.54) is 5.56 Å². The van der Waals surface area contributed by atoms with Gasteiger partial charge in [0.25, 0.3) is 0 Å². The summed E-state index contributed by atoms with van der Waals surface area (Å²) in [6, 6.07) is 11.0. The Morgan fingerprint density at radius 1 is 1.39 bits per heavy atom. The maximum atomic E-state index is 9.57. The summed E-state index contributed by atoms with van der Waals surface area (Å²) >= 11 is 0. The second-order valence-electron chi connectivity index (χ2n) is 5.36. The molecule has 0 saturated carbocycles. The van der Waals surface area contributed by atoms with Gasteiger partial charge in [-0.3, -0.25) is 0 Å². The van der Waals surface area contributed by atoms with Crippen LogP contribution in [0.3, 0.4) is 0 Å². The predicted octanol–water partition coefficient (Wildman–Crippen LogP) is 1.65. The van der Waals surface area contributed by atoms with Crippen LogP contribution in [0.5, 0.6) is 0 Å². The van der Waals surface area contributed by atoms with Gasteiger partial charge in [-0.25, -0.2) is 0 Å². The summed E-state index contributed by atoms with van der Waals surface area (Å²) in [7, 11) is 2.02. The topological polar surface area (TPSA) is 35.5 Å². The molecule has 1 aromatic carbocycles. The Kier molecular flexibility index (Phi) is 4.75. The first-order chi connectivity index (χ1) is 8.70. The molecule has 2 rings (SSSR count). The van der Waals surface area contributed by atoms with Crippen molar-refractivity contribution < 1.29 is 5.11 Å². The third kappa shape index (κ3) is 3.31. The molecule has 3 nitrogen and oxygen atoms in total. The van der Waals surface area contributed by atoms with Crippen molar-refractivity contribution in [2.75, 3.05) is 26.7 Å². The van der Waals surface area contributed by atoms with Crippen LogP contribution >= 0.6 is 0 Å². The zero-order chi connectivity index (χ0) is 13.0. The van der Waals surface area contributed by atoms with Crippen LogP contribution in [0.1, 0.15) is 24.9 Å². The van der Waals surface area contributed by atoms with Crippen LogP contribution in [0.15, 0.2) is 30.3 Å². The van der Waals surface area contributed by atoms with Crippen LogP contribution < -0.4 is 5.32 Å². The van der Waals surface area contributed by atoms with Gasteiger partial charge in [0, 0.05) is 25.7 Å². The van der Waals surface area contributed by atoms with Crippen molar-refractivity contribution in [3.63, 3.8) is 0 Å². The van der Waals surface area contributed by atoms with E-state index in [2.05, 4.69) is 47.5 Å². The molecule has 1 saturated heterocycles. The van der Waals surface area contributed by atoms with Crippen molar-refractivity contribution in [3.8, 4) is 0 Å². The molecular weight excluding hydrogens is 224 g/mol. The quantitative estimate of drug-likeness (QED) is 0.832. The molecule has 1 aromatic rings. The fourth-order valence-corrected chi connectivity index (χ4v) is 2.93. The highest BCUT2D eigenvalue weighted by Gasteiger charge is 2.25. The Morgan fingerprint density at radius 3 is 2.67 bits per heavy atom. The monoisotopic (exact) mass is 248 g/mol. The maximum absolute atomic E-state index is 9.57. The summed E-state index contributed by atoms with van der Waals surface area (Å²) in [5.41, 5.74) is 1.34. The number of hydrogen-bond acceptors (Lipinski definition) is 3. The highest BCUT2D eigenvalue weighted by molar-refractivity contribution is 5.19. The first-order valence-electron chi connectivity index (χ1n) is 6.83. The van der Waals surface area contributed by atoms with Crippen LogP contribution in [0.2, 0.25) is 0 Å². The molecule has 2 N–H and O–H groups in total. The zero-order valence-electron chi connectivity index (χ0n) is 11.3. The van der Waals surface area contributed by atoms with E-state index in [1.807, 2.05) is 7.05 Å². The molecule has 0 spiro atoms. The summed E-state index contributed by atoms with van der Waals surface area (Å²) in [4.78, 5) is 2.36. The molecule has 100 valence electrons. The van der Waals surface area contributed by atoms with E-state index < -0.39 is 0 Å². The van der Waals surface area contributed by atoms with Crippen molar-refractivity contribution in [2.45, 2.75) is 25.5 Å². The molecule has 1 aliphatic rings. The fraction of sp³-hybridized carbons (Fsp3) is 0.600. The minimum Gasteiger partial charge on any atom is -0.392 e. The van der Waals surface area contributed by atoms with Crippen molar-refractivity contribution >= 4 is 0 Å². The molecule has 0 aliphatic carbocycles. The molecular formula is C15H24N2O. The molecule has 0 unspecified atom stereocenters. The molecule has 1 heterocycles. The summed E-state index contributed by atoms with van der Waals surface area (Å²) in [5.74, 6) is 0.530. The van der Waals surface area contributed by atoms with Gasteiger partial charge in [0.15, 0.2) is 0 Å². The number of benzene rings is 1. The molecule has 0 radical (unpaired) electrons. The number of nitrogens with one attached hydrogen (secondary N) is 1. The van der Waals surface area contributed by atoms with E-state index in [0.29, 0.717) is 12.0 Å². The van der Waals surface area contributed by atoms with Gasteiger partial charge in [0.1, 0.15) is 0 Å². The normalized spacial score (nSPS) is 24.1. The van der Waals surface area contributed by atoms with E-state index >= 15 is 0 Å². The first-order valence-corrected chi connectivity index (χ1v) is 6.83. The molecule has 1 fully saturated rings. The Bertz CT molecular complexity index is 355. The molecule has 0 aromatic heterocycles. The maximum Gasteiger partial charge on any atom is 0.0679 e. The van der Waals surface area contributed by atoms with Gasteiger partial charge in [-0.05, 0) is 24.9 Å². The number of aliphatic hydroxyl groups excluding tert-OH is 1. The molecule has 18 heavy (non-hydrogen) atoms. The Hall–Kier alpha value is -0.900. The average molecular weight is 248 g/mol. The fourth-order valence-electron chi connectivity index (χ4n) is 2.93. The SMILES string of the molecule is CN[C@@H](c1ccccc1)[C@@H](C)CN1CC[C@H](O)C1. The highest BCUT2D eigenvalue weighted by atomic mass is 16.3. The predicted molar refractivity (Wildman–Crippen MR) is 74.5 cm³/mol. The van der Waals surface area contributed by atoms with E-state index in [4.69, 9.17) is 0 Å². The van der Waals surface area contributed by atoms with Gasteiger partial charge in [0.2, 0.25) is 0 Å². The standard InChI is InChI=1S/C15H24N2O/c1-12(10-17-9-8-14(18)11-17)15(16-2)13-6-4-3-5-7-13/h3-7,12,14-16,18H,8-11H2,1-2H3/t12-,14-,15+/m0/s1. The van der Waals surface area contributed by atoms with Crippen molar-refractivity contribution in [1.29, 1.82) is 0 Å². The second-order valence-corrected chi connectivity index (χ2v) is 5.36. The van der Waals surface area contributed by atoms with Gasteiger partial charge < -0.3 is 15.3 Å². The van der Waals surface area contributed by atoms with E-state index in [-0.39, 0.29) is 6.10 Å². The number of nitrogens with zero attached hydrogens (tertiary/aromatic N) is 1. The van der Waals surface area contributed by atoms with Crippen molar-refractivity contribution in [1.82, 2.24) is 10.2 Å². The van der Waals surface area contributed by atoms with Gasteiger partial charge >= 0.3 is 0 Å². The third-order valence-corrected chi connectivity index (χ3v) is 3.83. The van der Waals surface area contributed by atoms with Crippen LogP contribution in [0.25, 0.3) is 0 Å². The number of β-amino-alcohol motifs (C(OH)–C–C–N with tert-alkyl or cyclic N) is 1.